The van der Waals surface area contributed by atoms with Gasteiger partial charge in [-0.3, -0.25) is 4.79 Å². The zero-order valence-electron chi connectivity index (χ0n) is 17.5. The zero-order valence-corrected chi connectivity index (χ0v) is 19.0. The maximum atomic E-state index is 13.8. The molecule has 5 rings (SSSR count). The van der Waals surface area contributed by atoms with Gasteiger partial charge in [0.05, 0.1) is 15.6 Å². The van der Waals surface area contributed by atoms with Gasteiger partial charge < -0.3 is 15.1 Å². The Morgan fingerprint density at radius 3 is 2.53 bits per heavy atom. The van der Waals surface area contributed by atoms with E-state index in [4.69, 9.17) is 23.2 Å². The molecular weight excluding hydrogens is 447 g/mol. The molecule has 1 amide bonds. The third-order valence-electron chi connectivity index (χ3n) is 5.99. The number of nitrogens with zero attached hydrogens (tertiary/aromatic N) is 5. The second kappa shape index (κ2) is 8.48. The number of amides is 1. The minimum Gasteiger partial charge on any atom is -0.368 e. The molecular formula is C23H22Cl2N6O. The average molecular weight is 469 g/mol. The highest BCUT2D eigenvalue weighted by Gasteiger charge is 2.37. The summed E-state index contributed by atoms with van der Waals surface area (Å²) < 4.78 is 1.69. The molecule has 1 unspecified atom stereocenters. The van der Waals surface area contributed by atoms with Crippen LogP contribution in [-0.4, -0.2) is 51.8 Å². The van der Waals surface area contributed by atoms with E-state index in [1.165, 1.54) is 12.0 Å². The zero-order chi connectivity index (χ0) is 22.2. The second-order valence-electron chi connectivity index (χ2n) is 7.85. The SMILES string of the molecule is CC1=C(C(=O)N2CCN(c3ccccc3)CC2)C(c2cccc(Cl)c2Cl)n2ncnc2N1. The molecule has 2 aromatic carbocycles. The van der Waals surface area contributed by atoms with Crippen molar-refractivity contribution in [3.63, 3.8) is 0 Å². The average Bonchev–Trinajstić information content (AvgIpc) is 3.28. The van der Waals surface area contributed by atoms with Crippen LogP contribution in [0.5, 0.6) is 0 Å². The van der Waals surface area contributed by atoms with E-state index >= 15 is 0 Å². The Kier molecular flexibility index (Phi) is 5.53. The molecule has 2 aliphatic heterocycles. The fourth-order valence-electron chi connectivity index (χ4n) is 4.36. The molecule has 0 spiro atoms. The van der Waals surface area contributed by atoms with Gasteiger partial charge in [-0.05, 0) is 25.1 Å². The largest absolute Gasteiger partial charge is 0.368 e. The fraction of sp³-hybridized carbons (Fsp3) is 0.261. The normalized spacial score (nSPS) is 18.4. The number of rotatable bonds is 3. The van der Waals surface area contributed by atoms with Gasteiger partial charge in [-0.2, -0.15) is 10.1 Å². The van der Waals surface area contributed by atoms with Crippen LogP contribution in [-0.2, 0) is 4.79 Å². The Hall–Kier alpha value is -3.03. The number of para-hydroxylation sites is 1. The minimum atomic E-state index is -0.514. The third kappa shape index (κ3) is 3.61. The summed E-state index contributed by atoms with van der Waals surface area (Å²) in [5.41, 5.74) is 3.23. The molecule has 9 heteroatoms. The Morgan fingerprint density at radius 1 is 1.03 bits per heavy atom. The van der Waals surface area contributed by atoms with Crippen molar-refractivity contribution in [2.45, 2.75) is 13.0 Å². The number of carbonyl (C=O) groups excluding carboxylic acids is 1. The highest BCUT2D eigenvalue weighted by molar-refractivity contribution is 6.42. The lowest BCUT2D eigenvalue weighted by Gasteiger charge is -2.38. The molecule has 1 atom stereocenters. The molecule has 32 heavy (non-hydrogen) atoms. The highest BCUT2D eigenvalue weighted by Crippen LogP contribution is 2.40. The Morgan fingerprint density at radius 2 is 1.78 bits per heavy atom. The van der Waals surface area contributed by atoms with Crippen molar-refractivity contribution in [1.29, 1.82) is 0 Å². The fourth-order valence-corrected chi connectivity index (χ4v) is 4.78. The Bertz CT molecular complexity index is 1180. The maximum Gasteiger partial charge on any atom is 0.254 e. The first-order chi connectivity index (χ1) is 15.5. The summed E-state index contributed by atoms with van der Waals surface area (Å²) in [6, 6.07) is 15.2. The number of benzene rings is 2. The van der Waals surface area contributed by atoms with Crippen LogP contribution < -0.4 is 10.2 Å². The predicted molar refractivity (Wildman–Crippen MR) is 126 cm³/mol. The number of hydrogen-bond acceptors (Lipinski definition) is 5. The molecule has 0 saturated carbocycles. The molecule has 1 N–H and O–H groups in total. The van der Waals surface area contributed by atoms with Gasteiger partial charge in [-0.1, -0.05) is 53.5 Å². The van der Waals surface area contributed by atoms with Gasteiger partial charge >= 0.3 is 0 Å². The lowest BCUT2D eigenvalue weighted by atomic mass is 9.94. The van der Waals surface area contributed by atoms with E-state index in [1.807, 2.05) is 42.2 Å². The summed E-state index contributed by atoms with van der Waals surface area (Å²) in [4.78, 5) is 22.3. The monoisotopic (exact) mass is 468 g/mol. The van der Waals surface area contributed by atoms with Crippen molar-refractivity contribution in [3.8, 4) is 0 Å². The summed E-state index contributed by atoms with van der Waals surface area (Å²) >= 11 is 12.9. The van der Waals surface area contributed by atoms with Gasteiger partial charge in [0.15, 0.2) is 0 Å². The molecule has 2 aliphatic rings. The van der Waals surface area contributed by atoms with Gasteiger partial charge in [0, 0.05) is 43.1 Å². The van der Waals surface area contributed by atoms with Crippen molar-refractivity contribution in [2.24, 2.45) is 0 Å². The van der Waals surface area contributed by atoms with Crippen molar-refractivity contribution >= 4 is 40.7 Å². The summed E-state index contributed by atoms with van der Waals surface area (Å²) in [5.74, 6) is 0.527. The van der Waals surface area contributed by atoms with Crippen molar-refractivity contribution in [3.05, 3.63) is 81.7 Å². The summed E-state index contributed by atoms with van der Waals surface area (Å²) in [7, 11) is 0. The van der Waals surface area contributed by atoms with Gasteiger partial charge in [-0.15, -0.1) is 0 Å². The molecule has 1 fully saturated rings. The van der Waals surface area contributed by atoms with E-state index in [9.17, 15) is 4.79 Å². The second-order valence-corrected chi connectivity index (χ2v) is 8.64. The van der Waals surface area contributed by atoms with Crippen molar-refractivity contribution in [1.82, 2.24) is 19.7 Å². The van der Waals surface area contributed by atoms with Gasteiger partial charge in [0.1, 0.15) is 12.4 Å². The van der Waals surface area contributed by atoms with Crippen LogP contribution in [0.15, 0.2) is 66.1 Å². The van der Waals surface area contributed by atoms with Gasteiger partial charge in [0.25, 0.3) is 5.91 Å². The van der Waals surface area contributed by atoms with Crippen LogP contribution in [0.25, 0.3) is 0 Å². The van der Waals surface area contributed by atoms with E-state index in [1.54, 1.807) is 10.7 Å². The van der Waals surface area contributed by atoms with E-state index in [0.717, 1.165) is 24.4 Å². The molecule has 0 aliphatic carbocycles. The van der Waals surface area contributed by atoms with E-state index in [-0.39, 0.29) is 5.91 Å². The first-order valence-corrected chi connectivity index (χ1v) is 11.2. The summed E-state index contributed by atoms with van der Waals surface area (Å²) in [5, 5.41) is 8.44. The van der Waals surface area contributed by atoms with Crippen LogP contribution in [0.3, 0.4) is 0 Å². The van der Waals surface area contributed by atoms with Crippen LogP contribution in [0, 0.1) is 0 Å². The lowest BCUT2D eigenvalue weighted by molar-refractivity contribution is -0.127. The topological polar surface area (TPSA) is 66.3 Å². The molecule has 1 aromatic heterocycles. The van der Waals surface area contributed by atoms with Crippen LogP contribution in [0.1, 0.15) is 18.5 Å². The third-order valence-corrected chi connectivity index (χ3v) is 6.82. The first kappa shape index (κ1) is 20.8. The first-order valence-electron chi connectivity index (χ1n) is 10.4. The quantitative estimate of drug-likeness (QED) is 0.622. The number of anilines is 2. The van der Waals surface area contributed by atoms with E-state index < -0.39 is 6.04 Å². The molecule has 3 aromatic rings. The number of aromatic nitrogens is 3. The molecule has 164 valence electrons. The number of halogens is 2. The van der Waals surface area contributed by atoms with E-state index in [2.05, 4.69) is 32.4 Å². The summed E-state index contributed by atoms with van der Waals surface area (Å²) in [6.45, 7) is 4.69. The standard InChI is InChI=1S/C23H22Cl2N6O/c1-15-19(22(32)30-12-10-29(11-13-30)16-6-3-2-4-7-16)21(31-23(28-15)26-14-27-31)17-8-5-9-18(24)20(17)25/h2-9,14,21H,10-13H2,1H3,(H,26,27,28). The van der Waals surface area contributed by atoms with Crippen LogP contribution >= 0.6 is 23.2 Å². The number of carbonyl (C=O) groups is 1. The maximum absolute atomic E-state index is 13.8. The Labute approximate surface area is 196 Å². The lowest BCUT2D eigenvalue weighted by Crippen LogP contribution is -2.50. The number of allylic oxidation sites excluding steroid dienone is 1. The molecule has 0 bridgehead atoms. The minimum absolute atomic E-state index is 0.0371. The molecule has 1 saturated heterocycles. The highest BCUT2D eigenvalue weighted by atomic mass is 35.5. The number of nitrogens with one attached hydrogen (secondary N) is 1. The van der Waals surface area contributed by atoms with E-state index in [0.29, 0.717) is 34.7 Å². The molecule has 3 heterocycles. The summed E-state index contributed by atoms with van der Waals surface area (Å²) in [6.07, 6.45) is 1.47. The molecule has 0 radical (unpaired) electrons. The molecule has 7 nitrogen and oxygen atoms in total. The van der Waals surface area contributed by atoms with Crippen LogP contribution in [0.4, 0.5) is 11.6 Å². The van der Waals surface area contributed by atoms with Gasteiger partial charge in [-0.25, -0.2) is 4.68 Å². The smallest absolute Gasteiger partial charge is 0.254 e. The van der Waals surface area contributed by atoms with Crippen LogP contribution in [0.2, 0.25) is 10.0 Å². The predicted octanol–water partition coefficient (Wildman–Crippen LogP) is 4.22. The van der Waals surface area contributed by atoms with Gasteiger partial charge in [0.2, 0.25) is 5.95 Å². The van der Waals surface area contributed by atoms with Crippen molar-refractivity contribution in [2.75, 3.05) is 36.4 Å². The Balaban J connectivity index is 1.46. The number of piperazine rings is 1. The number of fused-ring (bicyclic) bond motifs is 1. The van der Waals surface area contributed by atoms with Crippen molar-refractivity contribution < 1.29 is 4.79 Å². The number of hydrogen-bond donors (Lipinski definition) is 1.